The van der Waals surface area contributed by atoms with Crippen LogP contribution in [-0.2, 0) is 0 Å². The summed E-state index contributed by atoms with van der Waals surface area (Å²) < 4.78 is 22.3. The maximum atomic E-state index is 12.2. The van der Waals surface area contributed by atoms with Crippen LogP contribution in [-0.4, -0.2) is 24.0 Å². The van der Waals surface area contributed by atoms with Crippen LogP contribution in [0.5, 0.6) is 23.3 Å². The van der Waals surface area contributed by atoms with E-state index in [0.29, 0.717) is 28.0 Å². The van der Waals surface area contributed by atoms with Crippen molar-refractivity contribution >= 4 is 11.6 Å². The predicted molar refractivity (Wildman–Crippen MR) is 112 cm³/mol. The number of halogens is 1. The summed E-state index contributed by atoms with van der Waals surface area (Å²) in [5.41, 5.74) is 2.42. The van der Waals surface area contributed by atoms with Crippen LogP contribution in [0.4, 0.5) is 0 Å². The molecule has 8 heteroatoms. The predicted octanol–water partition coefficient (Wildman–Crippen LogP) is 4.96. The first-order valence-electron chi connectivity index (χ1n) is 8.94. The summed E-state index contributed by atoms with van der Waals surface area (Å²) in [7, 11) is 3.18. The number of nitrogens with zero attached hydrogens (tertiary/aromatic N) is 2. The second kappa shape index (κ2) is 8.34. The van der Waals surface area contributed by atoms with E-state index in [9.17, 15) is 4.79 Å². The third kappa shape index (κ3) is 4.01. The number of methoxy groups -OCH3 is 2. The third-order valence-corrected chi connectivity index (χ3v) is 4.63. The van der Waals surface area contributed by atoms with E-state index in [-0.39, 0.29) is 6.08 Å². The normalized spacial score (nSPS) is 10.6. The molecule has 1 heterocycles. The highest BCUT2D eigenvalue weighted by Crippen LogP contribution is 2.32. The standard InChI is InChI=1S/C22H17ClN2O5/c1-27-19-12-5-15(13-20(19)28-2)14-3-8-17(9-4-14)25-22(26)30-21(24-25)29-18-10-6-16(23)7-11-18/h3-13H,1-2H3. The van der Waals surface area contributed by atoms with Gasteiger partial charge in [-0.2, -0.15) is 4.68 Å². The number of aromatic nitrogens is 2. The topological polar surface area (TPSA) is 75.7 Å². The molecule has 0 bridgehead atoms. The van der Waals surface area contributed by atoms with Crippen molar-refractivity contribution in [3.05, 3.63) is 82.3 Å². The van der Waals surface area contributed by atoms with Gasteiger partial charge in [-0.25, -0.2) is 4.79 Å². The number of hydrogen-bond acceptors (Lipinski definition) is 6. The molecule has 0 spiro atoms. The van der Waals surface area contributed by atoms with E-state index < -0.39 is 5.76 Å². The lowest BCUT2D eigenvalue weighted by atomic mass is 10.0. The summed E-state index contributed by atoms with van der Waals surface area (Å²) in [6.45, 7) is 0. The molecule has 0 radical (unpaired) electrons. The Morgan fingerprint density at radius 1 is 0.867 bits per heavy atom. The van der Waals surface area contributed by atoms with Gasteiger partial charge >= 0.3 is 11.8 Å². The zero-order valence-corrected chi connectivity index (χ0v) is 16.9. The summed E-state index contributed by atoms with van der Waals surface area (Å²) in [6.07, 6.45) is -0.161. The molecule has 0 fully saturated rings. The van der Waals surface area contributed by atoms with Gasteiger partial charge in [0.25, 0.3) is 0 Å². The smallest absolute Gasteiger partial charge is 0.444 e. The minimum Gasteiger partial charge on any atom is -0.493 e. The highest BCUT2D eigenvalue weighted by Gasteiger charge is 2.13. The molecule has 0 atom stereocenters. The van der Waals surface area contributed by atoms with E-state index in [0.717, 1.165) is 15.8 Å². The van der Waals surface area contributed by atoms with E-state index in [1.54, 1.807) is 50.6 Å². The van der Waals surface area contributed by atoms with Gasteiger partial charge < -0.3 is 18.6 Å². The van der Waals surface area contributed by atoms with Crippen molar-refractivity contribution in [2.45, 2.75) is 0 Å². The molecule has 0 saturated carbocycles. The van der Waals surface area contributed by atoms with Crippen LogP contribution in [0.1, 0.15) is 0 Å². The molecule has 4 aromatic rings. The van der Waals surface area contributed by atoms with E-state index in [2.05, 4.69) is 5.10 Å². The van der Waals surface area contributed by atoms with Gasteiger partial charge in [0.1, 0.15) is 5.75 Å². The average Bonchev–Trinajstić information content (AvgIpc) is 3.14. The molecule has 0 aliphatic carbocycles. The molecule has 30 heavy (non-hydrogen) atoms. The molecule has 0 aliphatic heterocycles. The lowest BCUT2D eigenvalue weighted by Crippen LogP contribution is -2.13. The van der Waals surface area contributed by atoms with E-state index >= 15 is 0 Å². The summed E-state index contributed by atoms with van der Waals surface area (Å²) in [4.78, 5) is 12.2. The van der Waals surface area contributed by atoms with Gasteiger partial charge in [0.05, 0.1) is 19.9 Å². The van der Waals surface area contributed by atoms with Crippen molar-refractivity contribution in [2.24, 2.45) is 0 Å². The molecule has 4 rings (SSSR count). The minimum absolute atomic E-state index is 0.161. The lowest BCUT2D eigenvalue weighted by molar-refractivity contribution is 0.320. The fourth-order valence-electron chi connectivity index (χ4n) is 2.88. The monoisotopic (exact) mass is 424 g/mol. The van der Waals surface area contributed by atoms with Crippen molar-refractivity contribution in [2.75, 3.05) is 14.2 Å². The maximum absolute atomic E-state index is 12.2. The Morgan fingerprint density at radius 3 is 2.20 bits per heavy atom. The van der Waals surface area contributed by atoms with Gasteiger partial charge in [0.15, 0.2) is 11.5 Å². The third-order valence-electron chi connectivity index (χ3n) is 4.38. The van der Waals surface area contributed by atoms with Crippen molar-refractivity contribution in [3.63, 3.8) is 0 Å². The molecule has 7 nitrogen and oxygen atoms in total. The molecule has 0 N–H and O–H groups in total. The molecule has 0 aliphatic rings. The fraction of sp³-hybridized carbons (Fsp3) is 0.0909. The minimum atomic E-state index is -0.655. The van der Waals surface area contributed by atoms with Crippen molar-refractivity contribution in [3.8, 4) is 40.1 Å². The van der Waals surface area contributed by atoms with E-state index in [1.807, 2.05) is 30.3 Å². The van der Waals surface area contributed by atoms with Crippen LogP contribution in [0.15, 0.2) is 75.9 Å². The first-order valence-corrected chi connectivity index (χ1v) is 9.31. The molecular weight excluding hydrogens is 408 g/mol. The van der Waals surface area contributed by atoms with Gasteiger partial charge in [0, 0.05) is 5.02 Å². The number of ether oxygens (including phenoxy) is 3. The highest BCUT2D eigenvalue weighted by molar-refractivity contribution is 6.30. The van der Waals surface area contributed by atoms with Crippen molar-refractivity contribution in [1.82, 2.24) is 9.78 Å². The number of benzene rings is 3. The number of rotatable bonds is 6. The quantitative estimate of drug-likeness (QED) is 0.435. The molecule has 0 unspecified atom stereocenters. The molecule has 152 valence electrons. The van der Waals surface area contributed by atoms with Gasteiger partial charge in [-0.15, -0.1) is 0 Å². The van der Waals surface area contributed by atoms with Gasteiger partial charge in [-0.1, -0.05) is 34.9 Å². The van der Waals surface area contributed by atoms with Gasteiger partial charge in [-0.3, -0.25) is 0 Å². The SMILES string of the molecule is COc1ccc(-c2ccc(-n3nc(Oc4ccc(Cl)cc4)oc3=O)cc2)cc1OC. The Hall–Kier alpha value is -3.71. The molecule has 1 aromatic heterocycles. The lowest BCUT2D eigenvalue weighted by Gasteiger charge is -2.10. The molecule has 0 saturated heterocycles. The molecule has 0 amide bonds. The fourth-order valence-corrected chi connectivity index (χ4v) is 3.01. The van der Waals surface area contributed by atoms with Crippen LogP contribution in [0.3, 0.4) is 0 Å². The second-order valence-corrected chi connectivity index (χ2v) is 6.65. The largest absolute Gasteiger partial charge is 0.493 e. The molecule has 3 aromatic carbocycles. The van der Waals surface area contributed by atoms with Crippen LogP contribution in [0, 0.1) is 0 Å². The first-order chi connectivity index (χ1) is 14.6. The molecular formula is C22H17ClN2O5. The highest BCUT2D eigenvalue weighted by atomic mass is 35.5. The summed E-state index contributed by atoms with van der Waals surface area (Å²) in [6, 6.07) is 19.6. The Morgan fingerprint density at radius 2 is 1.53 bits per heavy atom. The van der Waals surface area contributed by atoms with Crippen molar-refractivity contribution in [1.29, 1.82) is 0 Å². The van der Waals surface area contributed by atoms with E-state index in [1.165, 1.54) is 0 Å². The summed E-state index contributed by atoms with van der Waals surface area (Å²) in [5.74, 6) is 1.09. The Bertz CT molecular complexity index is 1210. The second-order valence-electron chi connectivity index (χ2n) is 6.22. The van der Waals surface area contributed by atoms with Crippen LogP contribution in [0.25, 0.3) is 16.8 Å². The Kier molecular flexibility index (Phi) is 5.45. The number of hydrogen-bond donors (Lipinski definition) is 0. The van der Waals surface area contributed by atoms with Crippen LogP contribution >= 0.6 is 11.6 Å². The van der Waals surface area contributed by atoms with Crippen LogP contribution < -0.4 is 20.0 Å². The average molecular weight is 425 g/mol. The van der Waals surface area contributed by atoms with Crippen molar-refractivity contribution < 1.29 is 18.6 Å². The summed E-state index contributed by atoms with van der Waals surface area (Å²) in [5, 5.41) is 4.67. The Balaban J connectivity index is 1.58. The Labute approximate surface area is 177 Å². The summed E-state index contributed by atoms with van der Waals surface area (Å²) >= 11 is 5.85. The zero-order chi connectivity index (χ0) is 21.1. The van der Waals surface area contributed by atoms with E-state index in [4.69, 9.17) is 30.2 Å². The zero-order valence-electron chi connectivity index (χ0n) is 16.2. The van der Waals surface area contributed by atoms with Gasteiger partial charge in [0.2, 0.25) is 0 Å². The van der Waals surface area contributed by atoms with Crippen LogP contribution in [0.2, 0.25) is 5.02 Å². The first kappa shape index (κ1) is 19.6. The maximum Gasteiger partial charge on any atom is 0.444 e. The van der Waals surface area contributed by atoms with Gasteiger partial charge in [-0.05, 0) is 59.7 Å².